The molecule has 3 nitrogen and oxygen atoms in total. The van der Waals surface area contributed by atoms with Crippen molar-refractivity contribution in [3.63, 3.8) is 0 Å². The Labute approximate surface area is 146 Å². The number of epoxide rings is 2. The summed E-state index contributed by atoms with van der Waals surface area (Å²) in [6.45, 7) is 25.4. The molecule has 5 heteroatoms. The van der Waals surface area contributed by atoms with Gasteiger partial charge in [-0.1, -0.05) is 67.7 Å². The van der Waals surface area contributed by atoms with Crippen LogP contribution >= 0.6 is 0 Å². The maximum atomic E-state index is 7.40. The van der Waals surface area contributed by atoms with Crippen molar-refractivity contribution in [2.75, 3.05) is 13.2 Å². The Morgan fingerprint density at radius 3 is 1.09 bits per heavy atom. The molecule has 2 rings (SSSR count). The minimum Gasteiger partial charge on any atom is -0.370 e. The highest BCUT2D eigenvalue weighted by molar-refractivity contribution is 6.61. The Balaban J connectivity index is 2.55. The molecule has 2 aliphatic rings. The molecule has 136 valence electrons. The van der Waals surface area contributed by atoms with Gasteiger partial charge in [0.15, 0.2) is 0 Å². The van der Waals surface area contributed by atoms with Gasteiger partial charge in [-0.3, -0.25) is 0 Å². The van der Waals surface area contributed by atoms with Crippen molar-refractivity contribution in [3.05, 3.63) is 0 Å². The van der Waals surface area contributed by atoms with Gasteiger partial charge in [0.05, 0.1) is 41.3 Å². The van der Waals surface area contributed by atoms with Crippen LogP contribution in [0, 0.1) is 10.8 Å². The van der Waals surface area contributed by atoms with Crippen molar-refractivity contribution in [3.8, 4) is 0 Å². The molecule has 0 N–H and O–H groups in total. The lowest BCUT2D eigenvalue weighted by atomic mass is 9.82. The first-order chi connectivity index (χ1) is 10.3. The molecule has 4 atom stereocenters. The zero-order valence-corrected chi connectivity index (χ0v) is 19.3. The first kappa shape index (κ1) is 19.6. The van der Waals surface area contributed by atoms with E-state index in [9.17, 15) is 0 Å². The summed E-state index contributed by atoms with van der Waals surface area (Å²) in [4.78, 5) is 0. The Bertz CT molecular complexity index is 383. The molecule has 0 aromatic rings. The fraction of sp³-hybridized carbons (Fsp3) is 1.00. The first-order valence-corrected chi connectivity index (χ1v) is 15.0. The lowest BCUT2D eigenvalue weighted by Gasteiger charge is -2.57. The molecule has 2 saturated heterocycles. The van der Waals surface area contributed by atoms with Crippen LogP contribution in [0.25, 0.3) is 0 Å². The van der Waals surface area contributed by atoms with Gasteiger partial charge < -0.3 is 14.2 Å². The van der Waals surface area contributed by atoms with Crippen LogP contribution in [0.4, 0.5) is 0 Å². The first-order valence-electron chi connectivity index (χ1n) is 9.24. The van der Waals surface area contributed by atoms with Crippen molar-refractivity contribution < 1.29 is 14.2 Å². The van der Waals surface area contributed by atoms with Crippen LogP contribution < -0.4 is 0 Å². The molecule has 0 bridgehead atoms. The molecule has 0 aromatic heterocycles. The largest absolute Gasteiger partial charge is 0.370 e. The molecule has 0 spiro atoms. The lowest BCUT2D eigenvalue weighted by Crippen LogP contribution is -2.70. The Morgan fingerprint density at radius 1 is 0.696 bits per heavy atom. The molecule has 0 radical (unpaired) electrons. The van der Waals surface area contributed by atoms with E-state index < -0.39 is 17.6 Å². The maximum absolute atomic E-state index is 7.40. The summed E-state index contributed by atoms with van der Waals surface area (Å²) < 4.78 is 19.2. The van der Waals surface area contributed by atoms with Crippen LogP contribution in [0.15, 0.2) is 0 Å². The Morgan fingerprint density at radius 2 is 0.957 bits per heavy atom. The quantitative estimate of drug-likeness (QED) is 0.539. The van der Waals surface area contributed by atoms with Crippen LogP contribution in [-0.2, 0) is 14.2 Å². The summed E-state index contributed by atoms with van der Waals surface area (Å²) in [5, 5.41) is -0.271. The van der Waals surface area contributed by atoms with Gasteiger partial charge in [0.25, 0.3) is 0 Å². The van der Waals surface area contributed by atoms with E-state index in [1.165, 1.54) is 0 Å². The van der Waals surface area contributed by atoms with Gasteiger partial charge in [-0.15, -0.1) is 0 Å². The van der Waals surface area contributed by atoms with Crippen molar-refractivity contribution in [1.82, 2.24) is 0 Å². The SMILES string of the molecule is C[SiH](C)C(OC(C1CO1)([SiH](C)C)C(C)(C)C)(C1CO1)C(C)(C)C. The molecule has 2 aliphatic heterocycles. The molecule has 0 amide bonds. The maximum Gasteiger partial charge on any atom is 0.107 e. The Kier molecular flexibility index (Phi) is 5.07. The molecule has 0 saturated carbocycles. The fourth-order valence-corrected chi connectivity index (χ4v) is 11.3. The normalized spacial score (nSPS) is 30.3. The summed E-state index contributed by atoms with van der Waals surface area (Å²) in [5.74, 6) is 0. The minimum absolute atomic E-state index is 0.0727. The highest BCUT2D eigenvalue weighted by atomic mass is 28.3. The van der Waals surface area contributed by atoms with Crippen LogP contribution in [-0.4, -0.2) is 53.5 Å². The Hall–Kier alpha value is 0.314. The highest BCUT2D eigenvalue weighted by Gasteiger charge is 2.66. The molecule has 0 aromatic carbocycles. The fourth-order valence-electron chi connectivity index (χ4n) is 4.99. The predicted octanol–water partition coefficient (Wildman–Crippen LogP) is 3.42. The third-order valence-electron chi connectivity index (χ3n) is 6.02. The molecule has 2 heterocycles. The second kappa shape index (κ2) is 5.94. The van der Waals surface area contributed by atoms with E-state index in [0.29, 0.717) is 0 Å². The highest BCUT2D eigenvalue weighted by Crippen LogP contribution is 2.53. The summed E-state index contributed by atoms with van der Waals surface area (Å²) >= 11 is 0. The molecule has 0 aliphatic carbocycles. The van der Waals surface area contributed by atoms with Crippen molar-refractivity contribution in [2.24, 2.45) is 10.8 Å². The van der Waals surface area contributed by atoms with E-state index in [0.717, 1.165) is 13.2 Å². The van der Waals surface area contributed by atoms with Crippen LogP contribution in [0.5, 0.6) is 0 Å². The standard InChI is InChI=1S/C18H38O3Si2/c1-15(2,3)17(22(7)8,13-11-19-13)21-18(23(9)10,14-12-20-14)16(4,5)6/h13-14,22-23H,11-12H2,1-10H3. The topological polar surface area (TPSA) is 34.3 Å². The van der Waals surface area contributed by atoms with E-state index >= 15 is 0 Å². The summed E-state index contributed by atoms with van der Waals surface area (Å²) in [7, 11) is -2.30. The molecule has 4 unspecified atom stereocenters. The van der Waals surface area contributed by atoms with Crippen molar-refractivity contribution in [1.29, 1.82) is 0 Å². The molecular weight excluding hydrogens is 320 g/mol. The van der Waals surface area contributed by atoms with E-state index in [1.807, 2.05) is 0 Å². The third-order valence-corrected chi connectivity index (χ3v) is 12.2. The zero-order valence-electron chi connectivity index (χ0n) is 16.9. The van der Waals surface area contributed by atoms with Gasteiger partial charge in [-0.25, -0.2) is 0 Å². The zero-order chi connectivity index (χ0) is 17.8. The van der Waals surface area contributed by atoms with E-state index in [-0.39, 0.29) is 33.5 Å². The van der Waals surface area contributed by atoms with Gasteiger partial charge in [-0.2, -0.15) is 0 Å². The molecule has 23 heavy (non-hydrogen) atoms. The van der Waals surface area contributed by atoms with Crippen molar-refractivity contribution in [2.45, 2.75) is 90.4 Å². The van der Waals surface area contributed by atoms with E-state index in [1.54, 1.807) is 0 Å². The minimum atomic E-state index is -1.15. The monoisotopic (exact) mass is 358 g/mol. The molecular formula is C18H38O3Si2. The average molecular weight is 359 g/mol. The van der Waals surface area contributed by atoms with E-state index in [2.05, 4.69) is 67.7 Å². The molecule has 2 fully saturated rings. The predicted molar refractivity (Wildman–Crippen MR) is 103 cm³/mol. The lowest BCUT2D eigenvalue weighted by molar-refractivity contribution is -0.181. The smallest absolute Gasteiger partial charge is 0.107 e. The average Bonchev–Trinajstić information content (AvgIpc) is 3.20. The van der Waals surface area contributed by atoms with Crippen LogP contribution in [0.3, 0.4) is 0 Å². The summed E-state index contributed by atoms with van der Waals surface area (Å²) in [5.41, 5.74) is 0.145. The second-order valence-corrected chi connectivity index (χ2v) is 16.5. The van der Waals surface area contributed by atoms with Gasteiger partial charge in [0, 0.05) is 0 Å². The van der Waals surface area contributed by atoms with Crippen LogP contribution in [0.2, 0.25) is 26.2 Å². The summed E-state index contributed by atoms with van der Waals surface area (Å²) in [6, 6.07) is 0. The second-order valence-electron chi connectivity index (χ2n) is 10.1. The third kappa shape index (κ3) is 3.12. The number of rotatable bonds is 6. The summed E-state index contributed by atoms with van der Waals surface area (Å²) in [6.07, 6.45) is 0.532. The van der Waals surface area contributed by atoms with Gasteiger partial charge in [0.1, 0.15) is 12.2 Å². The number of hydrogen-bond acceptors (Lipinski definition) is 3. The van der Waals surface area contributed by atoms with Gasteiger partial charge in [0.2, 0.25) is 0 Å². The van der Waals surface area contributed by atoms with Crippen molar-refractivity contribution >= 4 is 17.6 Å². The van der Waals surface area contributed by atoms with Gasteiger partial charge >= 0.3 is 0 Å². The van der Waals surface area contributed by atoms with Crippen LogP contribution in [0.1, 0.15) is 41.5 Å². The van der Waals surface area contributed by atoms with E-state index in [4.69, 9.17) is 14.2 Å². The van der Waals surface area contributed by atoms with Gasteiger partial charge in [-0.05, 0) is 10.8 Å². The number of hydrogen-bond donors (Lipinski definition) is 0. The number of ether oxygens (including phenoxy) is 3.